The average Bonchev–Trinajstić information content (AvgIpc) is 2.45. The zero-order chi connectivity index (χ0) is 15.7. The van der Waals surface area contributed by atoms with E-state index in [0.717, 1.165) is 30.4 Å². The molecule has 0 aliphatic rings. The maximum Gasteiger partial charge on any atom is 0.191 e. The number of methoxy groups -OCH3 is 1. The van der Waals surface area contributed by atoms with Crippen molar-refractivity contribution in [1.82, 2.24) is 10.6 Å². The number of aliphatic imine (C=N–C) groups is 1. The van der Waals surface area contributed by atoms with Crippen LogP contribution in [-0.2, 0) is 0 Å². The molecular weight excluding hydrogens is 393 g/mol. The Morgan fingerprint density at radius 3 is 2.23 bits per heavy atom. The number of guanidine groups is 1. The van der Waals surface area contributed by atoms with Gasteiger partial charge in [0.05, 0.1) is 13.7 Å². The van der Waals surface area contributed by atoms with Crippen LogP contribution >= 0.6 is 24.0 Å². The number of benzene rings is 1. The molecule has 0 bridgehead atoms. The second-order valence-electron chi connectivity index (χ2n) is 5.75. The second kappa shape index (κ2) is 10.5. The fourth-order valence-corrected chi connectivity index (χ4v) is 1.68. The number of hydrogen-bond acceptors (Lipinski definition) is 3. The lowest BCUT2D eigenvalue weighted by molar-refractivity contribution is 0.310. The van der Waals surface area contributed by atoms with Crippen LogP contribution in [0.2, 0.25) is 0 Å². The maximum absolute atomic E-state index is 5.67. The molecule has 0 aromatic heterocycles. The van der Waals surface area contributed by atoms with Crippen molar-refractivity contribution < 1.29 is 9.47 Å². The van der Waals surface area contributed by atoms with Gasteiger partial charge in [-0.3, -0.25) is 4.99 Å². The summed E-state index contributed by atoms with van der Waals surface area (Å²) in [7, 11) is 3.43. The van der Waals surface area contributed by atoms with Crippen molar-refractivity contribution in [1.29, 1.82) is 0 Å². The number of nitrogens with zero attached hydrogens (tertiary/aromatic N) is 1. The first-order valence-corrected chi connectivity index (χ1v) is 7.20. The monoisotopic (exact) mass is 421 g/mol. The van der Waals surface area contributed by atoms with Crippen molar-refractivity contribution >= 4 is 29.9 Å². The van der Waals surface area contributed by atoms with Crippen LogP contribution in [0.4, 0.5) is 0 Å². The Hall–Kier alpha value is -1.18. The molecule has 5 nitrogen and oxygen atoms in total. The quantitative estimate of drug-likeness (QED) is 0.321. The molecule has 0 aliphatic carbocycles. The van der Waals surface area contributed by atoms with E-state index < -0.39 is 0 Å². The molecule has 0 amide bonds. The van der Waals surface area contributed by atoms with Gasteiger partial charge in [-0.15, -0.1) is 24.0 Å². The molecule has 22 heavy (non-hydrogen) atoms. The van der Waals surface area contributed by atoms with E-state index in [1.807, 2.05) is 24.3 Å². The Labute approximate surface area is 150 Å². The smallest absolute Gasteiger partial charge is 0.191 e. The molecule has 126 valence electrons. The first-order valence-electron chi connectivity index (χ1n) is 7.20. The van der Waals surface area contributed by atoms with Gasteiger partial charge in [0.2, 0.25) is 0 Å². The summed E-state index contributed by atoms with van der Waals surface area (Å²) in [5.74, 6) is 2.50. The van der Waals surface area contributed by atoms with Gasteiger partial charge < -0.3 is 20.1 Å². The number of rotatable bonds is 6. The molecule has 6 heteroatoms. The Morgan fingerprint density at radius 2 is 1.73 bits per heavy atom. The molecule has 0 fully saturated rings. The van der Waals surface area contributed by atoms with Crippen molar-refractivity contribution in [2.24, 2.45) is 4.99 Å². The van der Waals surface area contributed by atoms with Gasteiger partial charge in [-0.1, -0.05) is 0 Å². The minimum Gasteiger partial charge on any atom is -0.497 e. The van der Waals surface area contributed by atoms with E-state index in [0.29, 0.717) is 6.61 Å². The predicted octanol–water partition coefficient (Wildman–Crippen LogP) is 3.05. The minimum atomic E-state index is 0. The molecule has 0 saturated carbocycles. The van der Waals surface area contributed by atoms with E-state index in [1.165, 1.54) is 0 Å². The normalized spacial score (nSPS) is 11.4. The topological polar surface area (TPSA) is 54.9 Å². The van der Waals surface area contributed by atoms with Crippen LogP contribution < -0.4 is 20.1 Å². The zero-order valence-electron chi connectivity index (χ0n) is 14.1. The molecule has 1 rings (SSSR count). The third kappa shape index (κ3) is 8.96. The standard InChI is InChI=1S/C16H27N3O2.HI/c1-16(2,3)19-15(17-4)18-11-6-12-21-14-9-7-13(20-5)8-10-14;/h7-10H,6,11-12H2,1-5H3,(H2,17,18,19);1H. The Morgan fingerprint density at radius 1 is 1.14 bits per heavy atom. The summed E-state index contributed by atoms with van der Waals surface area (Å²) < 4.78 is 10.8. The van der Waals surface area contributed by atoms with Crippen LogP contribution in [0.25, 0.3) is 0 Å². The summed E-state index contributed by atoms with van der Waals surface area (Å²) in [6, 6.07) is 7.60. The Balaban J connectivity index is 0.00000441. The van der Waals surface area contributed by atoms with Crippen LogP contribution in [0.15, 0.2) is 29.3 Å². The molecule has 0 heterocycles. The summed E-state index contributed by atoms with van der Waals surface area (Å²) in [5, 5.41) is 6.58. The van der Waals surface area contributed by atoms with E-state index in [-0.39, 0.29) is 29.5 Å². The molecule has 0 aliphatic heterocycles. The summed E-state index contributed by atoms with van der Waals surface area (Å²) in [6.07, 6.45) is 0.900. The van der Waals surface area contributed by atoms with Gasteiger partial charge in [0.1, 0.15) is 11.5 Å². The molecular formula is C16H28IN3O2. The third-order valence-electron chi connectivity index (χ3n) is 2.66. The van der Waals surface area contributed by atoms with Gasteiger partial charge in [-0.2, -0.15) is 0 Å². The van der Waals surface area contributed by atoms with Gasteiger partial charge in [0, 0.05) is 19.1 Å². The van der Waals surface area contributed by atoms with Gasteiger partial charge in [0.15, 0.2) is 5.96 Å². The largest absolute Gasteiger partial charge is 0.497 e. The van der Waals surface area contributed by atoms with Gasteiger partial charge in [-0.25, -0.2) is 0 Å². The first-order chi connectivity index (χ1) is 9.94. The van der Waals surface area contributed by atoms with Crippen molar-refractivity contribution in [2.75, 3.05) is 27.3 Å². The molecule has 0 radical (unpaired) electrons. The highest BCUT2D eigenvalue weighted by atomic mass is 127. The third-order valence-corrected chi connectivity index (χ3v) is 2.66. The Kier molecular flexibility index (Phi) is 9.97. The molecule has 1 aromatic rings. The highest BCUT2D eigenvalue weighted by molar-refractivity contribution is 14.0. The van der Waals surface area contributed by atoms with Crippen LogP contribution in [0.5, 0.6) is 11.5 Å². The molecule has 0 saturated heterocycles. The lowest BCUT2D eigenvalue weighted by atomic mass is 10.1. The number of halogens is 1. The Bertz CT molecular complexity index is 442. The molecule has 0 spiro atoms. The number of nitrogens with one attached hydrogen (secondary N) is 2. The van der Waals surface area contributed by atoms with E-state index in [2.05, 4.69) is 36.4 Å². The van der Waals surface area contributed by atoms with Gasteiger partial charge >= 0.3 is 0 Å². The van der Waals surface area contributed by atoms with Crippen molar-refractivity contribution in [3.63, 3.8) is 0 Å². The van der Waals surface area contributed by atoms with Gasteiger partial charge in [-0.05, 0) is 51.5 Å². The second-order valence-corrected chi connectivity index (χ2v) is 5.75. The van der Waals surface area contributed by atoms with Crippen molar-refractivity contribution in [2.45, 2.75) is 32.7 Å². The summed E-state index contributed by atoms with van der Waals surface area (Å²) in [4.78, 5) is 4.19. The fourth-order valence-electron chi connectivity index (χ4n) is 1.68. The van der Waals surface area contributed by atoms with Crippen molar-refractivity contribution in [3.05, 3.63) is 24.3 Å². The van der Waals surface area contributed by atoms with E-state index in [9.17, 15) is 0 Å². The van der Waals surface area contributed by atoms with Gasteiger partial charge in [0.25, 0.3) is 0 Å². The summed E-state index contributed by atoms with van der Waals surface area (Å²) in [5.41, 5.74) is 0.00143. The highest BCUT2D eigenvalue weighted by Gasteiger charge is 2.11. The number of hydrogen-bond donors (Lipinski definition) is 2. The highest BCUT2D eigenvalue weighted by Crippen LogP contribution is 2.16. The summed E-state index contributed by atoms with van der Waals surface area (Å²) >= 11 is 0. The maximum atomic E-state index is 5.67. The lowest BCUT2D eigenvalue weighted by Crippen LogP contribution is -2.47. The molecule has 1 aromatic carbocycles. The van der Waals surface area contributed by atoms with Crippen molar-refractivity contribution in [3.8, 4) is 11.5 Å². The number of ether oxygens (including phenoxy) is 2. The van der Waals surface area contributed by atoms with E-state index in [4.69, 9.17) is 9.47 Å². The SMILES string of the molecule is CN=C(NCCCOc1ccc(OC)cc1)NC(C)(C)C.I. The first kappa shape index (κ1) is 20.8. The average molecular weight is 421 g/mol. The van der Waals surface area contributed by atoms with Crippen LogP contribution in [0, 0.1) is 0 Å². The lowest BCUT2D eigenvalue weighted by Gasteiger charge is -2.23. The minimum absolute atomic E-state index is 0. The zero-order valence-corrected chi connectivity index (χ0v) is 16.4. The predicted molar refractivity (Wildman–Crippen MR) is 103 cm³/mol. The van der Waals surface area contributed by atoms with E-state index >= 15 is 0 Å². The fraction of sp³-hybridized carbons (Fsp3) is 0.562. The van der Waals surface area contributed by atoms with Crippen LogP contribution in [0.3, 0.4) is 0 Å². The van der Waals surface area contributed by atoms with E-state index in [1.54, 1.807) is 14.2 Å². The molecule has 0 unspecified atom stereocenters. The summed E-state index contributed by atoms with van der Waals surface area (Å²) in [6.45, 7) is 7.78. The molecule has 0 atom stereocenters. The molecule has 2 N–H and O–H groups in total. The van der Waals surface area contributed by atoms with Crippen LogP contribution in [0.1, 0.15) is 27.2 Å². The van der Waals surface area contributed by atoms with Crippen LogP contribution in [-0.4, -0.2) is 38.8 Å².